The fraction of sp³-hybridized carbons (Fsp3) is 1.00. The zero-order chi connectivity index (χ0) is 10.2. The van der Waals surface area contributed by atoms with Gasteiger partial charge in [-0.15, -0.1) is 0 Å². The minimum Gasteiger partial charge on any atom is -0.315 e. The first-order valence-electron chi connectivity index (χ1n) is 6.06. The van der Waals surface area contributed by atoms with E-state index in [0.29, 0.717) is 5.54 Å². The van der Waals surface area contributed by atoms with Gasteiger partial charge in [-0.05, 0) is 59.0 Å². The minimum absolute atomic E-state index is 0.448. The zero-order valence-corrected chi connectivity index (χ0v) is 9.84. The Bertz CT molecular complexity index is 196. The molecule has 14 heavy (non-hydrogen) atoms. The Labute approximate surface area is 88.1 Å². The molecule has 1 aliphatic carbocycles. The molecule has 1 unspecified atom stereocenters. The Hall–Kier alpha value is -0.0800. The highest BCUT2D eigenvalue weighted by molar-refractivity contribution is 4.94. The number of rotatable bonds is 4. The molecule has 2 aliphatic rings. The van der Waals surface area contributed by atoms with E-state index in [4.69, 9.17) is 0 Å². The highest BCUT2D eigenvalue weighted by Gasteiger charge is 2.37. The summed E-state index contributed by atoms with van der Waals surface area (Å²) in [7, 11) is 2.12. The Morgan fingerprint density at radius 3 is 2.57 bits per heavy atom. The van der Waals surface area contributed by atoms with E-state index in [-0.39, 0.29) is 0 Å². The van der Waals surface area contributed by atoms with Gasteiger partial charge in [0.05, 0.1) is 0 Å². The van der Waals surface area contributed by atoms with Crippen molar-refractivity contribution in [3.63, 3.8) is 0 Å². The van der Waals surface area contributed by atoms with Crippen LogP contribution in [0.15, 0.2) is 0 Å². The summed E-state index contributed by atoms with van der Waals surface area (Å²) in [6, 6.07) is 0.743. The highest BCUT2D eigenvalue weighted by Crippen LogP contribution is 2.35. The molecule has 0 aromatic heterocycles. The van der Waals surface area contributed by atoms with Crippen LogP contribution >= 0.6 is 0 Å². The van der Waals surface area contributed by atoms with Gasteiger partial charge in [0.25, 0.3) is 0 Å². The second kappa shape index (κ2) is 3.82. The Morgan fingerprint density at radius 1 is 1.43 bits per heavy atom. The van der Waals surface area contributed by atoms with Crippen molar-refractivity contribution >= 4 is 0 Å². The molecule has 1 atom stereocenters. The van der Waals surface area contributed by atoms with Crippen molar-refractivity contribution < 1.29 is 0 Å². The third-order valence-corrected chi connectivity index (χ3v) is 4.05. The quantitative estimate of drug-likeness (QED) is 0.738. The Morgan fingerprint density at radius 2 is 2.14 bits per heavy atom. The number of hydrogen-bond acceptors (Lipinski definition) is 2. The van der Waals surface area contributed by atoms with Crippen LogP contribution in [-0.2, 0) is 0 Å². The van der Waals surface area contributed by atoms with Crippen molar-refractivity contribution in [3.05, 3.63) is 0 Å². The lowest BCUT2D eigenvalue weighted by atomic mass is 10.0. The lowest BCUT2D eigenvalue weighted by Crippen LogP contribution is -2.47. The number of nitrogens with zero attached hydrogens (tertiary/aromatic N) is 1. The fourth-order valence-electron chi connectivity index (χ4n) is 2.71. The first kappa shape index (κ1) is 10.4. The van der Waals surface area contributed by atoms with Gasteiger partial charge in [-0.25, -0.2) is 0 Å². The van der Waals surface area contributed by atoms with Crippen molar-refractivity contribution in [1.82, 2.24) is 10.2 Å². The summed E-state index contributed by atoms with van der Waals surface area (Å²) in [5, 5.41) is 3.49. The third-order valence-electron chi connectivity index (χ3n) is 4.05. The summed E-state index contributed by atoms with van der Waals surface area (Å²) in [4.78, 5) is 2.67. The molecule has 1 saturated heterocycles. The van der Waals surface area contributed by atoms with Gasteiger partial charge in [0, 0.05) is 18.1 Å². The van der Waals surface area contributed by atoms with Crippen molar-refractivity contribution in [2.45, 2.75) is 51.1 Å². The predicted octanol–water partition coefficient (Wildman–Crippen LogP) is 1.86. The van der Waals surface area contributed by atoms with Crippen molar-refractivity contribution in [3.8, 4) is 0 Å². The Kier molecular flexibility index (Phi) is 2.85. The lowest BCUT2D eigenvalue weighted by Gasteiger charge is -2.34. The van der Waals surface area contributed by atoms with Crippen molar-refractivity contribution in [2.24, 2.45) is 5.92 Å². The standard InChI is InChI=1S/C12H24N2/c1-12(2)7-4-8-14(12)9-11(13-3)10-5-6-10/h10-11,13H,4-9H2,1-3H3. The minimum atomic E-state index is 0.448. The normalized spacial score (nSPS) is 29.4. The second-order valence-corrected chi connectivity index (χ2v) is 5.59. The molecule has 82 valence electrons. The average molecular weight is 196 g/mol. The van der Waals surface area contributed by atoms with Crippen LogP contribution in [0, 0.1) is 5.92 Å². The molecule has 1 heterocycles. The summed E-state index contributed by atoms with van der Waals surface area (Å²) >= 11 is 0. The number of nitrogens with one attached hydrogen (secondary N) is 1. The molecule has 1 N–H and O–H groups in total. The van der Waals surface area contributed by atoms with Crippen LogP contribution in [-0.4, -0.2) is 36.6 Å². The SMILES string of the molecule is CNC(CN1CCCC1(C)C)C1CC1. The molecule has 0 bridgehead atoms. The van der Waals surface area contributed by atoms with Crippen molar-refractivity contribution in [1.29, 1.82) is 0 Å². The van der Waals surface area contributed by atoms with Crippen LogP contribution in [0.1, 0.15) is 39.5 Å². The lowest BCUT2D eigenvalue weighted by molar-refractivity contribution is 0.153. The summed E-state index contributed by atoms with van der Waals surface area (Å²) in [6.45, 7) is 7.34. The van der Waals surface area contributed by atoms with Gasteiger partial charge >= 0.3 is 0 Å². The van der Waals surface area contributed by atoms with Crippen molar-refractivity contribution in [2.75, 3.05) is 20.1 Å². The van der Waals surface area contributed by atoms with E-state index in [2.05, 4.69) is 31.1 Å². The summed E-state index contributed by atoms with van der Waals surface area (Å²) < 4.78 is 0. The van der Waals surface area contributed by atoms with Gasteiger partial charge < -0.3 is 5.32 Å². The summed E-state index contributed by atoms with van der Waals surface area (Å²) in [6.07, 6.45) is 5.64. The summed E-state index contributed by atoms with van der Waals surface area (Å²) in [5.41, 5.74) is 0.448. The first-order valence-corrected chi connectivity index (χ1v) is 6.06. The molecule has 2 nitrogen and oxygen atoms in total. The third kappa shape index (κ3) is 2.12. The average Bonchev–Trinajstić information content (AvgIpc) is 2.89. The van der Waals surface area contributed by atoms with Gasteiger partial charge in [0.1, 0.15) is 0 Å². The number of hydrogen-bond donors (Lipinski definition) is 1. The molecule has 0 aromatic rings. The van der Waals surface area contributed by atoms with E-state index >= 15 is 0 Å². The van der Waals surface area contributed by atoms with Crippen LogP contribution < -0.4 is 5.32 Å². The molecule has 0 amide bonds. The zero-order valence-electron chi connectivity index (χ0n) is 9.84. The van der Waals surface area contributed by atoms with E-state index in [0.717, 1.165) is 12.0 Å². The highest BCUT2D eigenvalue weighted by atomic mass is 15.2. The molecular formula is C12H24N2. The van der Waals surface area contributed by atoms with Crippen LogP contribution in [0.3, 0.4) is 0 Å². The van der Waals surface area contributed by atoms with Gasteiger partial charge in [-0.1, -0.05) is 0 Å². The molecule has 2 fully saturated rings. The van der Waals surface area contributed by atoms with Gasteiger partial charge in [-0.2, -0.15) is 0 Å². The van der Waals surface area contributed by atoms with Crippen LogP contribution in [0.4, 0.5) is 0 Å². The molecule has 0 aromatic carbocycles. The molecule has 2 heteroatoms. The molecule has 0 radical (unpaired) electrons. The van der Waals surface area contributed by atoms with E-state index in [1.54, 1.807) is 0 Å². The number of likely N-dealkylation sites (N-methyl/N-ethyl adjacent to an activating group) is 1. The molecule has 1 aliphatic heterocycles. The monoisotopic (exact) mass is 196 g/mol. The van der Waals surface area contributed by atoms with Crippen LogP contribution in [0.2, 0.25) is 0 Å². The maximum absolute atomic E-state index is 3.49. The number of likely N-dealkylation sites (tertiary alicyclic amines) is 1. The summed E-state index contributed by atoms with van der Waals surface area (Å²) in [5.74, 6) is 0.969. The van der Waals surface area contributed by atoms with Gasteiger partial charge in [0.15, 0.2) is 0 Å². The van der Waals surface area contributed by atoms with Gasteiger partial charge in [0.2, 0.25) is 0 Å². The predicted molar refractivity (Wildman–Crippen MR) is 60.5 cm³/mol. The smallest absolute Gasteiger partial charge is 0.0220 e. The van der Waals surface area contributed by atoms with E-state index < -0.39 is 0 Å². The largest absolute Gasteiger partial charge is 0.315 e. The van der Waals surface area contributed by atoms with E-state index in [1.807, 2.05) is 0 Å². The molecule has 2 rings (SSSR count). The Balaban J connectivity index is 1.88. The second-order valence-electron chi connectivity index (χ2n) is 5.59. The first-order chi connectivity index (χ1) is 6.63. The van der Waals surface area contributed by atoms with Crippen LogP contribution in [0.25, 0.3) is 0 Å². The maximum Gasteiger partial charge on any atom is 0.0220 e. The molecule has 1 saturated carbocycles. The topological polar surface area (TPSA) is 15.3 Å². The molecular weight excluding hydrogens is 172 g/mol. The molecule has 0 spiro atoms. The van der Waals surface area contributed by atoms with E-state index in [9.17, 15) is 0 Å². The van der Waals surface area contributed by atoms with Crippen LogP contribution in [0.5, 0.6) is 0 Å². The maximum atomic E-state index is 3.49. The fourth-order valence-corrected chi connectivity index (χ4v) is 2.71. The van der Waals surface area contributed by atoms with Gasteiger partial charge in [-0.3, -0.25) is 4.90 Å². The van der Waals surface area contributed by atoms with E-state index in [1.165, 1.54) is 38.8 Å².